The molecular formula is C23H21N5O2. The maximum atomic E-state index is 12.7. The zero-order valence-electron chi connectivity index (χ0n) is 16.6. The van der Waals surface area contributed by atoms with E-state index in [1.54, 1.807) is 29.2 Å². The van der Waals surface area contributed by atoms with Gasteiger partial charge >= 0.3 is 6.03 Å². The number of nitriles is 1. The average Bonchev–Trinajstić information content (AvgIpc) is 2.79. The topological polar surface area (TPSA) is 102 Å². The Morgan fingerprint density at radius 2 is 2.07 bits per heavy atom. The van der Waals surface area contributed by atoms with Gasteiger partial charge in [-0.05, 0) is 30.2 Å². The second-order valence-electron chi connectivity index (χ2n) is 7.18. The van der Waals surface area contributed by atoms with Gasteiger partial charge in [0, 0.05) is 24.2 Å². The van der Waals surface area contributed by atoms with E-state index < -0.39 is 0 Å². The van der Waals surface area contributed by atoms with Crippen LogP contribution in [0.1, 0.15) is 29.3 Å². The van der Waals surface area contributed by atoms with Gasteiger partial charge in [-0.25, -0.2) is 9.78 Å². The smallest absolute Gasteiger partial charge is 0.320 e. The Bertz CT molecular complexity index is 1190. The number of hydrogen-bond acceptors (Lipinski definition) is 4. The highest BCUT2D eigenvalue weighted by Gasteiger charge is 2.25. The minimum absolute atomic E-state index is 0.191. The summed E-state index contributed by atoms with van der Waals surface area (Å²) in [6.45, 7) is 2.74. The Morgan fingerprint density at radius 1 is 1.27 bits per heavy atom. The SMILES string of the molecule is CCc1ccc(-c2nc3c(c(=O)[nH]2)CN(C(=O)Nc2cccc(C#N)c2)CC3)cc1. The number of amides is 2. The molecule has 0 fully saturated rings. The largest absolute Gasteiger partial charge is 0.322 e. The van der Waals surface area contributed by atoms with Gasteiger partial charge in [-0.15, -0.1) is 0 Å². The maximum Gasteiger partial charge on any atom is 0.322 e. The molecule has 4 rings (SSSR count). The molecule has 1 aromatic heterocycles. The summed E-state index contributed by atoms with van der Waals surface area (Å²) in [5.41, 5.74) is 4.11. The molecular weight excluding hydrogens is 378 g/mol. The Hall–Kier alpha value is -3.92. The van der Waals surface area contributed by atoms with Crippen molar-refractivity contribution >= 4 is 11.7 Å². The van der Waals surface area contributed by atoms with Crippen LogP contribution in [0, 0.1) is 11.3 Å². The number of anilines is 1. The van der Waals surface area contributed by atoms with Gasteiger partial charge in [0.15, 0.2) is 0 Å². The zero-order chi connectivity index (χ0) is 21.1. The lowest BCUT2D eigenvalue weighted by molar-refractivity contribution is 0.205. The van der Waals surface area contributed by atoms with Gasteiger partial charge in [-0.2, -0.15) is 5.26 Å². The predicted molar refractivity (Wildman–Crippen MR) is 114 cm³/mol. The summed E-state index contributed by atoms with van der Waals surface area (Å²) in [4.78, 5) is 34.4. The minimum Gasteiger partial charge on any atom is -0.320 e. The van der Waals surface area contributed by atoms with Crippen molar-refractivity contribution in [2.75, 3.05) is 11.9 Å². The summed E-state index contributed by atoms with van der Waals surface area (Å²) in [6.07, 6.45) is 1.46. The molecule has 0 saturated heterocycles. The highest BCUT2D eigenvalue weighted by Crippen LogP contribution is 2.20. The Kier molecular flexibility index (Phi) is 5.31. The van der Waals surface area contributed by atoms with Gasteiger partial charge in [0.05, 0.1) is 29.4 Å². The Labute approximate surface area is 174 Å². The lowest BCUT2D eigenvalue weighted by Crippen LogP contribution is -2.41. The molecule has 0 atom stereocenters. The van der Waals surface area contributed by atoms with E-state index in [1.807, 2.05) is 30.3 Å². The molecule has 1 aliphatic heterocycles. The van der Waals surface area contributed by atoms with Crippen molar-refractivity contribution in [3.63, 3.8) is 0 Å². The number of hydrogen-bond donors (Lipinski definition) is 2. The first kappa shape index (κ1) is 19.4. The fourth-order valence-electron chi connectivity index (χ4n) is 3.50. The number of aromatic amines is 1. The standard InChI is InChI=1S/C23H21N5O2/c1-2-15-6-8-17(9-7-15)21-26-20-10-11-28(14-19(20)22(29)27-21)23(30)25-18-5-3-4-16(12-18)13-24/h3-9,12H,2,10-11,14H2,1H3,(H,25,30)(H,26,27,29). The molecule has 2 aromatic carbocycles. The molecule has 2 amide bonds. The van der Waals surface area contributed by atoms with Crippen LogP contribution in [-0.4, -0.2) is 27.4 Å². The molecule has 7 heteroatoms. The molecule has 0 radical (unpaired) electrons. The van der Waals surface area contributed by atoms with E-state index in [0.717, 1.165) is 17.7 Å². The number of nitrogens with one attached hydrogen (secondary N) is 2. The van der Waals surface area contributed by atoms with E-state index in [-0.39, 0.29) is 18.1 Å². The number of nitrogens with zero attached hydrogens (tertiary/aromatic N) is 3. The highest BCUT2D eigenvalue weighted by molar-refractivity contribution is 5.89. The number of rotatable bonds is 3. The van der Waals surface area contributed by atoms with Gasteiger partial charge in [0.25, 0.3) is 5.56 Å². The van der Waals surface area contributed by atoms with Gasteiger partial charge in [-0.3, -0.25) is 4.79 Å². The average molecular weight is 399 g/mol. The van der Waals surface area contributed by atoms with Crippen molar-refractivity contribution in [1.82, 2.24) is 14.9 Å². The lowest BCUT2D eigenvalue weighted by Gasteiger charge is -2.28. The van der Waals surface area contributed by atoms with Crippen molar-refractivity contribution in [2.45, 2.75) is 26.3 Å². The van der Waals surface area contributed by atoms with Crippen molar-refractivity contribution in [2.24, 2.45) is 0 Å². The van der Waals surface area contributed by atoms with E-state index in [0.29, 0.717) is 35.6 Å². The third-order valence-corrected chi connectivity index (χ3v) is 5.23. The third-order valence-electron chi connectivity index (χ3n) is 5.23. The molecule has 150 valence electrons. The quantitative estimate of drug-likeness (QED) is 0.704. The van der Waals surface area contributed by atoms with Gasteiger partial charge < -0.3 is 15.2 Å². The van der Waals surface area contributed by atoms with Gasteiger partial charge in [-0.1, -0.05) is 37.3 Å². The first-order valence-electron chi connectivity index (χ1n) is 9.85. The summed E-state index contributed by atoms with van der Waals surface area (Å²) in [5, 5.41) is 11.8. The number of H-pyrrole nitrogens is 1. The monoisotopic (exact) mass is 399 g/mol. The van der Waals surface area contributed by atoms with Crippen LogP contribution in [0.3, 0.4) is 0 Å². The summed E-state index contributed by atoms with van der Waals surface area (Å²) >= 11 is 0. The minimum atomic E-state index is -0.311. The van der Waals surface area contributed by atoms with E-state index in [1.165, 1.54) is 5.56 Å². The summed E-state index contributed by atoms with van der Waals surface area (Å²) in [6, 6.07) is 16.4. The summed E-state index contributed by atoms with van der Waals surface area (Å²) < 4.78 is 0. The number of aromatic nitrogens is 2. The summed E-state index contributed by atoms with van der Waals surface area (Å²) in [7, 11) is 0. The van der Waals surface area contributed by atoms with Crippen LogP contribution in [0.4, 0.5) is 10.5 Å². The van der Waals surface area contributed by atoms with Crippen LogP contribution < -0.4 is 10.9 Å². The number of fused-ring (bicyclic) bond motifs is 1. The number of benzene rings is 2. The van der Waals surface area contributed by atoms with E-state index in [4.69, 9.17) is 5.26 Å². The van der Waals surface area contributed by atoms with Crippen LogP contribution in [0.25, 0.3) is 11.4 Å². The third kappa shape index (κ3) is 3.94. The van der Waals surface area contributed by atoms with E-state index >= 15 is 0 Å². The number of aryl methyl sites for hydroxylation is 1. The lowest BCUT2D eigenvalue weighted by atomic mass is 10.1. The number of carbonyl (C=O) groups is 1. The molecule has 0 spiro atoms. The molecule has 0 saturated carbocycles. The van der Waals surface area contributed by atoms with Crippen LogP contribution in [0.15, 0.2) is 53.3 Å². The fourth-order valence-corrected chi connectivity index (χ4v) is 3.50. The van der Waals surface area contributed by atoms with Crippen molar-refractivity contribution < 1.29 is 4.79 Å². The van der Waals surface area contributed by atoms with Crippen LogP contribution in [0.5, 0.6) is 0 Å². The zero-order valence-corrected chi connectivity index (χ0v) is 16.6. The van der Waals surface area contributed by atoms with Crippen molar-refractivity contribution in [1.29, 1.82) is 5.26 Å². The van der Waals surface area contributed by atoms with Crippen molar-refractivity contribution in [3.8, 4) is 17.5 Å². The molecule has 0 aliphatic carbocycles. The molecule has 0 bridgehead atoms. The molecule has 2 N–H and O–H groups in total. The molecule has 0 unspecified atom stereocenters. The van der Waals surface area contributed by atoms with E-state index in [2.05, 4.69) is 22.2 Å². The molecule has 30 heavy (non-hydrogen) atoms. The van der Waals surface area contributed by atoms with Crippen LogP contribution in [-0.2, 0) is 19.4 Å². The molecule has 2 heterocycles. The van der Waals surface area contributed by atoms with Crippen LogP contribution in [0.2, 0.25) is 0 Å². The van der Waals surface area contributed by atoms with Gasteiger partial charge in [0.1, 0.15) is 5.82 Å². The Morgan fingerprint density at radius 3 is 2.80 bits per heavy atom. The molecule has 3 aromatic rings. The molecule has 1 aliphatic rings. The number of urea groups is 1. The highest BCUT2D eigenvalue weighted by atomic mass is 16.2. The Balaban J connectivity index is 1.53. The fraction of sp³-hybridized carbons (Fsp3) is 0.217. The number of carbonyl (C=O) groups excluding carboxylic acids is 1. The normalized spacial score (nSPS) is 12.7. The van der Waals surface area contributed by atoms with Crippen molar-refractivity contribution in [3.05, 3.63) is 81.3 Å². The second kappa shape index (κ2) is 8.21. The predicted octanol–water partition coefficient (Wildman–Crippen LogP) is 3.46. The second-order valence-corrected chi connectivity index (χ2v) is 7.18. The first-order valence-corrected chi connectivity index (χ1v) is 9.85. The first-order chi connectivity index (χ1) is 14.6. The molecule has 7 nitrogen and oxygen atoms in total. The van der Waals surface area contributed by atoms with Crippen LogP contribution >= 0.6 is 0 Å². The van der Waals surface area contributed by atoms with Gasteiger partial charge in [0.2, 0.25) is 0 Å². The maximum absolute atomic E-state index is 12.7. The summed E-state index contributed by atoms with van der Waals surface area (Å²) in [5.74, 6) is 0.549. The van der Waals surface area contributed by atoms with E-state index in [9.17, 15) is 9.59 Å².